The number of nitrogens with zero attached hydrogens (tertiary/aromatic N) is 1. The van der Waals surface area contributed by atoms with E-state index in [2.05, 4.69) is 30.8 Å². The Hall–Kier alpha value is -2.78. The highest BCUT2D eigenvalue weighted by molar-refractivity contribution is 6.74. The van der Waals surface area contributed by atoms with Gasteiger partial charge in [-0.25, -0.2) is 4.79 Å². The normalized spacial score (nSPS) is 18.7. The number of hydrogen-bond acceptors (Lipinski definition) is 6. The molecule has 1 fully saturated rings. The van der Waals surface area contributed by atoms with Gasteiger partial charge >= 0.3 is 5.97 Å². The lowest BCUT2D eigenvalue weighted by molar-refractivity contribution is -0.153. The van der Waals surface area contributed by atoms with Crippen molar-refractivity contribution >= 4 is 38.1 Å². The third-order valence-corrected chi connectivity index (χ3v) is 10.2. The number of esters is 1. The molecule has 0 spiro atoms. The third-order valence-electron chi connectivity index (χ3n) is 5.71. The molecule has 1 unspecified atom stereocenters. The zero-order valence-corrected chi connectivity index (χ0v) is 20.1. The predicted molar refractivity (Wildman–Crippen MR) is 118 cm³/mol. The highest BCUT2D eigenvalue weighted by atomic mass is 28.4. The van der Waals surface area contributed by atoms with Crippen molar-refractivity contribution in [1.82, 2.24) is 10.2 Å². The van der Waals surface area contributed by atoms with Crippen molar-refractivity contribution in [3.8, 4) is 0 Å². The number of carbonyl (C=O) groups is 4. The van der Waals surface area contributed by atoms with Crippen LogP contribution in [0.4, 0.5) is 0 Å². The second-order valence-corrected chi connectivity index (χ2v) is 13.8. The maximum atomic E-state index is 13.0. The van der Waals surface area contributed by atoms with Crippen LogP contribution in [-0.4, -0.2) is 56.7 Å². The van der Waals surface area contributed by atoms with Gasteiger partial charge in [-0.1, -0.05) is 32.9 Å². The first kappa shape index (κ1) is 24.5. The molecule has 0 aliphatic carbocycles. The number of ether oxygens (including phenoxy) is 1. The fourth-order valence-corrected chi connectivity index (χ4v) is 3.78. The van der Waals surface area contributed by atoms with Crippen molar-refractivity contribution < 1.29 is 28.3 Å². The minimum atomic E-state index is -2.18. The van der Waals surface area contributed by atoms with Crippen molar-refractivity contribution in [2.45, 2.75) is 51.9 Å². The Labute approximate surface area is 183 Å². The Kier molecular flexibility index (Phi) is 7.23. The second-order valence-electron chi connectivity index (χ2n) is 8.94. The summed E-state index contributed by atoms with van der Waals surface area (Å²) >= 11 is 0. The molecule has 2 rings (SSSR count). The number of carbonyl (C=O) groups excluding carboxylic acids is 4. The molecular formula is C22H30N2O6Si. The number of methoxy groups -OCH3 is 1. The molecule has 0 aromatic heterocycles. The first-order valence-corrected chi connectivity index (χ1v) is 12.9. The molecule has 1 atom stereocenters. The Bertz CT molecular complexity index is 915. The monoisotopic (exact) mass is 446 g/mol. The highest BCUT2D eigenvalue weighted by Crippen LogP contribution is 2.36. The Morgan fingerprint density at radius 2 is 1.74 bits per heavy atom. The molecule has 31 heavy (non-hydrogen) atoms. The van der Waals surface area contributed by atoms with Gasteiger partial charge in [0.05, 0.1) is 19.3 Å². The quantitative estimate of drug-likeness (QED) is 0.424. The summed E-state index contributed by atoms with van der Waals surface area (Å²) in [5.74, 6) is -2.09. The number of hydrogen-bond donors (Lipinski definition) is 1. The number of rotatable bonds is 5. The fourth-order valence-electron chi connectivity index (χ4n) is 2.77. The SMILES string of the molecule is COC(=O)c1ccc(/C=C2\NC(=O)C(CO[Si](C)(C)C(C)(C)C)N(C(C)=O)C2=O)cc1. The summed E-state index contributed by atoms with van der Waals surface area (Å²) in [6.45, 7) is 11.5. The van der Waals surface area contributed by atoms with E-state index in [-0.39, 0.29) is 17.3 Å². The molecule has 1 heterocycles. The average molecular weight is 447 g/mol. The van der Waals surface area contributed by atoms with Gasteiger partial charge in [-0.3, -0.25) is 19.3 Å². The Morgan fingerprint density at radius 3 is 2.23 bits per heavy atom. The predicted octanol–water partition coefficient (Wildman–Crippen LogP) is 2.71. The molecule has 1 aliphatic rings. The van der Waals surface area contributed by atoms with Crippen LogP contribution in [0, 0.1) is 0 Å². The lowest BCUT2D eigenvalue weighted by atomic mass is 10.1. The van der Waals surface area contributed by atoms with E-state index in [9.17, 15) is 19.2 Å². The number of imide groups is 1. The van der Waals surface area contributed by atoms with E-state index in [1.807, 2.05) is 13.1 Å². The summed E-state index contributed by atoms with van der Waals surface area (Å²) < 4.78 is 10.8. The van der Waals surface area contributed by atoms with Crippen LogP contribution in [0.25, 0.3) is 6.08 Å². The van der Waals surface area contributed by atoms with Crippen LogP contribution in [0.1, 0.15) is 43.6 Å². The van der Waals surface area contributed by atoms with Crippen LogP contribution in [0.15, 0.2) is 30.0 Å². The first-order chi connectivity index (χ1) is 14.3. The van der Waals surface area contributed by atoms with Gasteiger partial charge in [-0.2, -0.15) is 0 Å². The maximum Gasteiger partial charge on any atom is 0.337 e. The van der Waals surface area contributed by atoms with Crippen LogP contribution in [0.2, 0.25) is 18.1 Å². The van der Waals surface area contributed by atoms with Crippen molar-refractivity contribution in [2.24, 2.45) is 0 Å². The number of piperazine rings is 1. The summed E-state index contributed by atoms with van der Waals surface area (Å²) in [4.78, 5) is 50.5. The van der Waals surface area contributed by atoms with E-state index in [0.717, 1.165) is 4.90 Å². The molecule has 9 heteroatoms. The van der Waals surface area contributed by atoms with Gasteiger partial charge in [0, 0.05) is 6.92 Å². The molecule has 0 bridgehead atoms. The van der Waals surface area contributed by atoms with E-state index in [1.54, 1.807) is 24.3 Å². The number of amides is 3. The third kappa shape index (κ3) is 5.48. The average Bonchev–Trinajstić information content (AvgIpc) is 2.68. The smallest absolute Gasteiger partial charge is 0.337 e. The van der Waals surface area contributed by atoms with Gasteiger partial charge in [0.15, 0.2) is 8.32 Å². The van der Waals surface area contributed by atoms with E-state index in [1.165, 1.54) is 20.1 Å². The molecule has 0 saturated carbocycles. The summed E-state index contributed by atoms with van der Waals surface area (Å²) in [5, 5.41) is 2.52. The van der Waals surface area contributed by atoms with E-state index >= 15 is 0 Å². The number of benzene rings is 1. The summed E-state index contributed by atoms with van der Waals surface area (Å²) in [5.41, 5.74) is 0.919. The molecule has 1 aromatic carbocycles. The Morgan fingerprint density at radius 1 is 1.16 bits per heavy atom. The molecule has 1 aromatic rings. The molecular weight excluding hydrogens is 416 g/mol. The summed E-state index contributed by atoms with van der Waals surface area (Å²) in [7, 11) is -0.895. The van der Waals surface area contributed by atoms with Gasteiger partial charge < -0.3 is 14.5 Å². The van der Waals surface area contributed by atoms with E-state index in [0.29, 0.717) is 11.1 Å². The molecule has 168 valence electrons. The second kappa shape index (κ2) is 9.15. The van der Waals surface area contributed by atoms with Gasteiger partial charge in [0.25, 0.3) is 5.91 Å². The minimum absolute atomic E-state index is 0.0189. The van der Waals surface area contributed by atoms with Crippen LogP contribution in [-0.2, 0) is 23.5 Å². The fraction of sp³-hybridized carbons (Fsp3) is 0.455. The molecule has 1 saturated heterocycles. The summed E-state index contributed by atoms with van der Waals surface area (Å²) in [6.07, 6.45) is 1.46. The molecule has 3 amide bonds. The first-order valence-electron chi connectivity index (χ1n) is 9.97. The van der Waals surface area contributed by atoms with Crippen LogP contribution in [0.5, 0.6) is 0 Å². The maximum absolute atomic E-state index is 13.0. The minimum Gasteiger partial charge on any atom is -0.465 e. The van der Waals surface area contributed by atoms with Crippen LogP contribution >= 0.6 is 0 Å². The standard InChI is InChI=1S/C22H30N2O6Si/c1-14(25)24-18(13-30-31(6,7)22(2,3)4)19(26)23-17(20(24)27)12-15-8-10-16(11-9-15)21(28)29-5/h8-12,18H,13H2,1-7H3,(H,23,26)/b17-12-. The number of nitrogens with one attached hydrogen (secondary N) is 1. The van der Waals surface area contributed by atoms with Crippen molar-refractivity contribution in [1.29, 1.82) is 0 Å². The lowest BCUT2D eigenvalue weighted by Crippen LogP contribution is -2.61. The van der Waals surface area contributed by atoms with Gasteiger partial charge in [-0.05, 0) is 41.9 Å². The van der Waals surface area contributed by atoms with Crippen molar-refractivity contribution in [3.05, 3.63) is 41.1 Å². The zero-order chi connectivity index (χ0) is 23.6. The summed E-state index contributed by atoms with van der Waals surface area (Å²) in [6, 6.07) is 5.29. The topological polar surface area (TPSA) is 102 Å². The van der Waals surface area contributed by atoms with Crippen molar-refractivity contribution in [3.63, 3.8) is 0 Å². The lowest BCUT2D eigenvalue weighted by Gasteiger charge is -2.39. The van der Waals surface area contributed by atoms with Gasteiger partial charge in [0.2, 0.25) is 11.8 Å². The molecule has 8 nitrogen and oxygen atoms in total. The molecule has 0 radical (unpaired) electrons. The van der Waals surface area contributed by atoms with Crippen LogP contribution in [0.3, 0.4) is 0 Å². The molecule has 1 N–H and O–H groups in total. The van der Waals surface area contributed by atoms with E-state index in [4.69, 9.17) is 4.43 Å². The van der Waals surface area contributed by atoms with Gasteiger partial charge in [0.1, 0.15) is 11.7 Å². The molecule has 1 aliphatic heterocycles. The zero-order valence-electron chi connectivity index (χ0n) is 19.1. The van der Waals surface area contributed by atoms with E-state index < -0.39 is 38.1 Å². The van der Waals surface area contributed by atoms with Crippen LogP contribution < -0.4 is 5.32 Å². The Balaban J connectivity index is 2.26. The highest BCUT2D eigenvalue weighted by Gasteiger charge is 2.43. The van der Waals surface area contributed by atoms with Crippen molar-refractivity contribution in [2.75, 3.05) is 13.7 Å². The largest absolute Gasteiger partial charge is 0.465 e. The van der Waals surface area contributed by atoms with Gasteiger partial charge in [-0.15, -0.1) is 0 Å².